The molecule has 1 unspecified atom stereocenters. The number of carbonyl (C=O) groups excluding carboxylic acids is 1. The van der Waals surface area contributed by atoms with E-state index in [0.717, 1.165) is 57.6 Å². The van der Waals surface area contributed by atoms with Crippen molar-refractivity contribution in [1.29, 1.82) is 5.26 Å². The molecule has 1 fully saturated rings. The zero-order chi connectivity index (χ0) is 15.8. The highest BCUT2D eigenvalue weighted by molar-refractivity contribution is 5.81. The molecule has 1 aliphatic heterocycles. The first-order valence-corrected chi connectivity index (χ1v) is 7.85. The minimum atomic E-state index is -0.369. The van der Waals surface area contributed by atoms with Gasteiger partial charge in [-0.2, -0.15) is 5.26 Å². The van der Waals surface area contributed by atoms with Crippen LogP contribution in [0.15, 0.2) is 18.3 Å². The van der Waals surface area contributed by atoms with Gasteiger partial charge in [0.05, 0.1) is 11.6 Å². The predicted octanol–water partition coefficient (Wildman–Crippen LogP) is 1.49. The first kappa shape index (κ1) is 16.2. The van der Waals surface area contributed by atoms with Crippen molar-refractivity contribution in [3.63, 3.8) is 0 Å². The average Bonchev–Trinajstić information content (AvgIpc) is 3.08. The lowest BCUT2D eigenvalue weighted by atomic mass is 10.1. The number of amides is 1. The predicted molar refractivity (Wildman–Crippen MR) is 85.1 cm³/mol. The maximum Gasteiger partial charge on any atom is 0.239 e. The minimum Gasteiger partial charge on any atom is -0.370 e. The second kappa shape index (κ2) is 8.35. The van der Waals surface area contributed by atoms with Crippen LogP contribution in [0.25, 0.3) is 0 Å². The van der Waals surface area contributed by atoms with E-state index in [-0.39, 0.29) is 11.9 Å². The molecule has 2 heterocycles. The Morgan fingerprint density at radius 1 is 1.41 bits per heavy atom. The van der Waals surface area contributed by atoms with Crippen LogP contribution in [0.4, 0.5) is 5.82 Å². The Bertz CT molecular complexity index is 516. The topological polar surface area (TPSA) is 95.0 Å². The lowest BCUT2D eigenvalue weighted by molar-refractivity contribution is -0.131. The zero-order valence-corrected chi connectivity index (χ0v) is 12.8. The van der Waals surface area contributed by atoms with Crippen LogP contribution in [0, 0.1) is 11.3 Å². The summed E-state index contributed by atoms with van der Waals surface area (Å²) in [6, 6.07) is 5.20. The summed E-state index contributed by atoms with van der Waals surface area (Å²) in [6.45, 7) is 2.50. The molecule has 6 nitrogen and oxygen atoms in total. The van der Waals surface area contributed by atoms with Crippen LogP contribution in [-0.4, -0.2) is 41.5 Å². The van der Waals surface area contributed by atoms with Gasteiger partial charge in [0.2, 0.25) is 5.91 Å². The number of hydrogen-bond donors (Lipinski definition) is 2. The van der Waals surface area contributed by atoms with E-state index in [0.29, 0.717) is 5.56 Å². The summed E-state index contributed by atoms with van der Waals surface area (Å²) in [5, 5.41) is 11.9. The van der Waals surface area contributed by atoms with Gasteiger partial charge in [-0.25, -0.2) is 4.98 Å². The third-order valence-electron chi connectivity index (χ3n) is 3.88. The van der Waals surface area contributed by atoms with Crippen molar-refractivity contribution in [1.82, 2.24) is 9.88 Å². The van der Waals surface area contributed by atoms with E-state index < -0.39 is 0 Å². The number of rotatable bonds is 7. The molecule has 1 aliphatic rings. The molecular formula is C16H23N5O. The van der Waals surface area contributed by atoms with E-state index in [9.17, 15) is 4.79 Å². The van der Waals surface area contributed by atoms with Crippen LogP contribution in [-0.2, 0) is 4.79 Å². The maximum atomic E-state index is 12.0. The van der Waals surface area contributed by atoms with Crippen LogP contribution in [0.2, 0.25) is 0 Å². The number of carbonyl (C=O) groups is 1. The van der Waals surface area contributed by atoms with Crippen LogP contribution >= 0.6 is 0 Å². The van der Waals surface area contributed by atoms with Gasteiger partial charge < -0.3 is 16.0 Å². The van der Waals surface area contributed by atoms with Gasteiger partial charge in [-0.05, 0) is 44.2 Å². The largest absolute Gasteiger partial charge is 0.370 e. The third-order valence-corrected chi connectivity index (χ3v) is 3.88. The normalized spacial score (nSPS) is 15.4. The smallest absolute Gasteiger partial charge is 0.239 e. The van der Waals surface area contributed by atoms with E-state index in [4.69, 9.17) is 11.0 Å². The molecule has 0 aliphatic carbocycles. The Kier molecular flexibility index (Phi) is 6.16. The van der Waals surface area contributed by atoms with Gasteiger partial charge in [0.25, 0.3) is 0 Å². The summed E-state index contributed by atoms with van der Waals surface area (Å²) in [7, 11) is 0. The molecule has 22 heavy (non-hydrogen) atoms. The van der Waals surface area contributed by atoms with E-state index in [1.165, 1.54) is 0 Å². The molecule has 0 aromatic carbocycles. The van der Waals surface area contributed by atoms with Crippen molar-refractivity contribution in [2.75, 3.05) is 25.0 Å². The lowest BCUT2D eigenvalue weighted by Crippen LogP contribution is -2.42. The maximum absolute atomic E-state index is 12.0. The molecule has 0 saturated carbocycles. The van der Waals surface area contributed by atoms with Gasteiger partial charge >= 0.3 is 0 Å². The summed E-state index contributed by atoms with van der Waals surface area (Å²) >= 11 is 0. The SMILES string of the molecule is N#Cc1ccc(NCCCCC(N)C(=O)N2CCCC2)nc1. The molecular weight excluding hydrogens is 278 g/mol. The van der Waals surface area contributed by atoms with E-state index in [1.54, 1.807) is 18.3 Å². The molecule has 0 spiro atoms. The fraction of sp³-hybridized carbons (Fsp3) is 0.562. The number of likely N-dealkylation sites (tertiary alicyclic amines) is 1. The van der Waals surface area contributed by atoms with Crippen molar-refractivity contribution in [2.24, 2.45) is 5.73 Å². The van der Waals surface area contributed by atoms with Gasteiger partial charge in [0.1, 0.15) is 11.9 Å². The number of nitrogens with one attached hydrogen (secondary N) is 1. The molecule has 2 rings (SSSR count). The Morgan fingerprint density at radius 2 is 2.18 bits per heavy atom. The summed E-state index contributed by atoms with van der Waals surface area (Å²) in [4.78, 5) is 18.1. The quantitative estimate of drug-likeness (QED) is 0.744. The Labute approximate surface area is 131 Å². The van der Waals surface area contributed by atoms with Gasteiger partial charge in [-0.15, -0.1) is 0 Å². The molecule has 6 heteroatoms. The fourth-order valence-electron chi connectivity index (χ4n) is 2.57. The van der Waals surface area contributed by atoms with E-state index in [1.807, 2.05) is 11.0 Å². The van der Waals surface area contributed by atoms with Crippen molar-refractivity contribution >= 4 is 11.7 Å². The number of nitriles is 1. The van der Waals surface area contributed by atoms with Crippen LogP contribution in [0.3, 0.4) is 0 Å². The summed E-state index contributed by atoms with van der Waals surface area (Å²) in [5.74, 6) is 0.857. The molecule has 0 bridgehead atoms. The number of aromatic nitrogens is 1. The summed E-state index contributed by atoms with van der Waals surface area (Å²) < 4.78 is 0. The number of hydrogen-bond acceptors (Lipinski definition) is 5. The fourth-order valence-corrected chi connectivity index (χ4v) is 2.57. The number of unbranched alkanes of at least 4 members (excludes halogenated alkanes) is 1. The van der Waals surface area contributed by atoms with Crippen LogP contribution in [0.5, 0.6) is 0 Å². The second-order valence-corrected chi connectivity index (χ2v) is 5.61. The van der Waals surface area contributed by atoms with E-state index >= 15 is 0 Å². The van der Waals surface area contributed by atoms with Crippen LogP contribution < -0.4 is 11.1 Å². The molecule has 1 amide bonds. The van der Waals surface area contributed by atoms with Crippen LogP contribution in [0.1, 0.15) is 37.7 Å². The number of nitrogens with zero attached hydrogens (tertiary/aromatic N) is 3. The Hall–Kier alpha value is -2.13. The molecule has 3 N–H and O–H groups in total. The number of nitrogens with two attached hydrogens (primary N) is 1. The first-order chi connectivity index (χ1) is 10.7. The molecule has 1 aromatic heterocycles. The minimum absolute atomic E-state index is 0.0965. The third kappa shape index (κ3) is 4.71. The molecule has 1 aromatic rings. The Balaban J connectivity index is 1.60. The highest BCUT2D eigenvalue weighted by Crippen LogP contribution is 2.11. The van der Waals surface area contributed by atoms with Gasteiger partial charge in [0.15, 0.2) is 0 Å². The summed E-state index contributed by atoms with van der Waals surface area (Å²) in [6.07, 6.45) is 6.30. The molecule has 0 radical (unpaired) electrons. The lowest BCUT2D eigenvalue weighted by Gasteiger charge is -2.20. The highest BCUT2D eigenvalue weighted by Gasteiger charge is 2.22. The van der Waals surface area contributed by atoms with Gasteiger partial charge in [0, 0.05) is 25.8 Å². The highest BCUT2D eigenvalue weighted by atomic mass is 16.2. The van der Waals surface area contributed by atoms with Gasteiger partial charge in [-0.1, -0.05) is 0 Å². The van der Waals surface area contributed by atoms with Crippen molar-refractivity contribution in [3.8, 4) is 6.07 Å². The molecule has 118 valence electrons. The number of pyridine rings is 1. The average molecular weight is 301 g/mol. The monoisotopic (exact) mass is 301 g/mol. The van der Waals surface area contributed by atoms with Crippen molar-refractivity contribution in [2.45, 2.75) is 38.1 Å². The van der Waals surface area contributed by atoms with Crippen molar-refractivity contribution in [3.05, 3.63) is 23.9 Å². The van der Waals surface area contributed by atoms with Gasteiger partial charge in [-0.3, -0.25) is 4.79 Å². The van der Waals surface area contributed by atoms with Crippen molar-refractivity contribution < 1.29 is 4.79 Å². The number of anilines is 1. The first-order valence-electron chi connectivity index (χ1n) is 7.85. The Morgan fingerprint density at radius 3 is 2.82 bits per heavy atom. The molecule has 1 saturated heterocycles. The zero-order valence-electron chi connectivity index (χ0n) is 12.8. The van der Waals surface area contributed by atoms with E-state index in [2.05, 4.69) is 10.3 Å². The second-order valence-electron chi connectivity index (χ2n) is 5.61. The summed E-state index contributed by atoms with van der Waals surface area (Å²) in [5.41, 5.74) is 6.52. The molecule has 1 atom stereocenters. The standard InChI is InChI=1S/C16H23N5O/c17-11-13-6-7-15(20-12-13)19-8-2-1-5-14(18)16(22)21-9-3-4-10-21/h6-7,12,14H,1-5,8-10,18H2,(H,19,20).